The molecular weight excluding hydrogens is 266 g/mol. The van der Waals surface area contributed by atoms with E-state index in [2.05, 4.69) is 15.5 Å². The van der Waals surface area contributed by atoms with Gasteiger partial charge in [0.1, 0.15) is 0 Å². The van der Waals surface area contributed by atoms with Crippen LogP contribution < -0.4 is 5.32 Å². The minimum atomic E-state index is 0.373. The van der Waals surface area contributed by atoms with Gasteiger partial charge in [0.15, 0.2) is 0 Å². The number of benzene rings is 2. The molecule has 0 bridgehead atoms. The van der Waals surface area contributed by atoms with Crippen molar-refractivity contribution >= 4 is 12.1 Å². The number of hydrogen-bond donors (Lipinski definition) is 1. The highest BCUT2D eigenvalue weighted by atomic mass is 16.5. The Bertz CT molecular complexity index is 780. The maximum atomic E-state index is 10.7. The van der Waals surface area contributed by atoms with Gasteiger partial charge in [-0.1, -0.05) is 41.6 Å². The predicted molar refractivity (Wildman–Crippen MR) is 79.6 cm³/mol. The van der Waals surface area contributed by atoms with Gasteiger partial charge in [-0.3, -0.25) is 4.79 Å². The number of hydrogen-bond acceptors (Lipinski definition) is 4. The molecule has 0 aliphatic carbocycles. The highest BCUT2D eigenvalue weighted by Gasteiger charge is 2.14. The smallest absolute Gasteiger partial charge is 0.260 e. The molecule has 0 unspecified atom stereocenters. The Morgan fingerprint density at radius 1 is 1.05 bits per heavy atom. The van der Waals surface area contributed by atoms with Crippen molar-refractivity contribution < 1.29 is 9.32 Å². The largest absolute Gasteiger partial charge is 0.334 e. The SMILES string of the molecule is Cc1ccccc1-c1noc(-c2ccccc2NC=O)n1. The van der Waals surface area contributed by atoms with Gasteiger partial charge in [-0.05, 0) is 24.6 Å². The molecule has 1 N–H and O–H groups in total. The van der Waals surface area contributed by atoms with E-state index in [9.17, 15) is 4.79 Å². The second kappa shape index (κ2) is 5.58. The van der Waals surface area contributed by atoms with Gasteiger partial charge < -0.3 is 9.84 Å². The maximum Gasteiger partial charge on any atom is 0.260 e. The summed E-state index contributed by atoms with van der Waals surface area (Å²) in [6.07, 6.45) is 0.622. The van der Waals surface area contributed by atoms with Gasteiger partial charge in [0, 0.05) is 5.56 Å². The van der Waals surface area contributed by atoms with E-state index in [0.717, 1.165) is 11.1 Å². The number of rotatable bonds is 4. The van der Waals surface area contributed by atoms with Crippen LogP contribution in [0.15, 0.2) is 53.1 Å². The van der Waals surface area contributed by atoms with Gasteiger partial charge in [-0.15, -0.1) is 0 Å². The molecule has 21 heavy (non-hydrogen) atoms. The number of anilines is 1. The van der Waals surface area contributed by atoms with Crippen molar-refractivity contribution in [2.45, 2.75) is 6.92 Å². The van der Waals surface area contributed by atoms with Crippen LogP contribution in [0.2, 0.25) is 0 Å². The lowest BCUT2D eigenvalue weighted by Crippen LogP contribution is -1.96. The summed E-state index contributed by atoms with van der Waals surface area (Å²) in [5.74, 6) is 0.905. The minimum absolute atomic E-state index is 0.373. The van der Waals surface area contributed by atoms with E-state index in [0.29, 0.717) is 29.4 Å². The van der Waals surface area contributed by atoms with Crippen molar-refractivity contribution in [2.75, 3.05) is 5.32 Å². The zero-order chi connectivity index (χ0) is 14.7. The molecule has 1 aromatic heterocycles. The lowest BCUT2D eigenvalue weighted by molar-refractivity contribution is -0.105. The summed E-state index contributed by atoms with van der Waals surface area (Å²) >= 11 is 0. The number of amides is 1. The fraction of sp³-hybridized carbons (Fsp3) is 0.0625. The molecule has 0 saturated heterocycles. The molecule has 1 amide bonds. The van der Waals surface area contributed by atoms with Crippen LogP contribution in [0.5, 0.6) is 0 Å². The molecular formula is C16H13N3O2. The Balaban J connectivity index is 2.03. The molecule has 0 aliphatic rings. The molecule has 0 radical (unpaired) electrons. The Kier molecular flexibility index (Phi) is 3.47. The van der Waals surface area contributed by atoms with Gasteiger partial charge in [0.2, 0.25) is 12.2 Å². The first-order valence-corrected chi connectivity index (χ1v) is 6.49. The Hall–Kier alpha value is -2.95. The van der Waals surface area contributed by atoms with E-state index < -0.39 is 0 Å². The third-order valence-corrected chi connectivity index (χ3v) is 3.18. The number of carbonyl (C=O) groups is 1. The van der Waals surface area contributed by atoms with E-state index >= 15 is 0 Å². The number of aromatic nitrogens is 2. The summed E-state index contributed by atoms with van der Waals surface area (Å²) in [7, 11) is 0. The van der Waals surface area contributed by atoms with Crippen LogP contribution >= 0.6 is 0 Å². The average molecular weight is 279 g/mol. The van der Waals surface area contributed by atoms with Gasteiger partial charge in [-0.25, -0.2) is 0 Å². The van der Waals surface area contributed by atoms with E-state index in [1.165, 1.54) is 0 Å². The fourth-order valence-corrected chi connectivity index (χ4v) is 2.13. The minimum Gasteiger partial charge on any atom is -0.334 e. The van der Waals surface area contributed by atoms with E-state index in [1.54, 1.807) is 6.07 Å². The Labute approximate surface area is 121 Å². The van der Waals surface area contributed by atoms with E-state index in [4.69, 9.17) is 4.52 Å². The van der Waals surface area contributed by atoms with Crippen molar-refractivity contribution in [1.29, 1.82) is 0 Å². The standard InChI is InChI=1S/C16H13N3O2/c1-11-6-2-3-7-12(11)15-18-16(21-19-15)13-8-4-5-9-14(13)17-10-20/h2-10H,1H3,(H,17,20). The first kappa shape index (κ1) is 13.1. The molecule has 3 rings (SSSR count). The van der Waals surface area contributed by atoms with Crippen molar-refractivity contribution in [3.63, 3.8) is 0 Å². The van der Waals surface area contributed by atoms with E-state index in [-0.39, 0.29) is 0 Å². The average Bonchev–Trinajstić information content (AvgIpc) is 2.98. The number of carbonyl (C=O) groups excluding carboxylic acids is 1. The zero-order valence-electron chi connectivity index (χ0n) is 11.4. The first-order valence-electron chi connectivity index (χ1n) is 6.49. The monoisotopic (exact) mass is 279 g/mol. The van der Waals surface area contributed by atoms with E-state index in [1.807, 2.05) is 49.4 Å². The van der Waals surface area contributed by atoms with Crippen LogP contribution in [0.25, 0.3) is 22.8 Å². The van der Waals surface area contributed by atoms with Gasteiger partial charge >= 0.3 is 0 Å². The summed E-state index contributed by atoms with van der Waals surface area (Å²) in [5, 5.41) is 6.65. The summed E-state index contributed by atoms with van der Waals surface area (Å²) in [6, 6.07) is 15.1. The molecule has 0 fully saturated rings. The number of aryl methyl sites for hydroxylation is 1. The second-order valence-corrected chi connectivity index (χ2v) is 4.55. The molecule has 1 heterocycles. The van der Waals surface area contributed by atoms with Gasteiger partial charge in [0.25, 0.3) is 5.89 Å². The summed E-state index contributed by atoms with van der Waals surface area (Å²) < 4.78 is 5.33. The lowest BCUT2D eigenvalue weighted by atomic mass is 10.1. The van der Waals surface area contributed by atoms with Crippen molar-refractivity contribution in [3.05, 3.63) is 54.1 Å². The van der Waals surface area contributed by atoms with Crippen LogP contribution in [-0.2, 0) is 4.79 Å². The van der Waals surface area contributed by atoms with Crippen LogP contribution in [-0.4, -0.2) is 16.6 Å². The van der Waals surface area contributed by atoms with Crippen LogP contribution in [0.1, 0.15) is 5.56 Å². The maximum absolute atomic E-state index is 10.7. The zero-order valence-corrected chi connectivity index (χ0v) is 11.4. The van der Waals surface area contributed by atoms with Gasteiger partial charge in [0.05, 0.1) is 11.3 Å². The molecule has 0 atom stereocenters. The Morgan fingerprint density at radius 2 is 1.76 bits per heavy atom. The molecule has 3 aromatic rings. The van der Waals surface area contributed by atoms with Crippen LogP contribution in [0.4, 0.5) is 5.69 Å². The van der Waals surface area contributed by atoms with Crippen molar-refractivity contribution in [3.8, 4) is 22.8 Å². The summed E-state index contributed by atoms with van der Waals surface area (Å²) in [4.78, 5) is 15.1. The van der Waals surface area contributed by atoms with Gasteiger partial charge in [-0.2, -0.15) is 4.98 Å². The normalized spacial score (nSPS) is 10.3. The first-order chi connectivity index (χ1) is 10.3. The summed E-state index contributed by atoms with van der Waals surface area (Å²) in [6.45, 7) is 1.99. The predicted octanol–water partition coefficient (Wildman–Crippen LogP) is 3.28. The van der Waals surface area contributed by atoms with Crippen molar-refractivity contribution in [2.24, 2.45) is 0 Å². The molecule has 0 spiro atoms. The molecule has 0 aliphatic heterocycles. The quantitative estimate of drug-likeness (QED) is 0.744. The summed E-state index contributed by atoms with van der Waals surface area (Å²) in [5.41, 5.74) is 3.32. The molecule has 5 heteroatoms. The Morgan fingerprint density at radius 3 is 2.52 bits per heavy atom. The number of nitrogens with zero attached hydrogens (tertiary/aromatic N) is 2. The molecule has 5 nitrogen and oxygen atoms in total. The third-order valence-electron chi connectivity index (χ3n) is 3.18. The number of nitrogens with one attached hydrogen (secondary N) is 1. The van der Waals surface area contributed by atoms with Crippen LogP contribution in [0, 0.1) is 6.92 Å². The molecule has 0 saturated carbocycles. The topological polar surface area (TPSA) is 68.0 Å². The molecule has 104 valence electrons. The highest BCUT2D eigenvalue weighted by Crippen LogP contribution is 2.28. The highest BCUT2D eigenvalue weighted by molar-refractivity contribution is 5.82. The third kappa shape index (κ3) is 2.53. The number of para-hydroxylation sites is 1. The fourth-order valence-electron chi connectivity index (χ4n) is 2.13. The second-order valence-electron chi connectivity index (χ2n) is 4.55. The lowest BCUT2D eigenvalue weighted by Gasteiger charge is -2.02. The van der Waals surface area contributed by atoms with Crippen molar-refractivity contribution in [1.82, 2.24) is 10.1 Å². The van der Waals surface area contributed by atoms with Crippen LogP contribution in [0.3, 0.4) is 0 Å². The molecule has 2 aromatic carbocycles.